The van der Waals surface area contributed by atoms with Crippen molar-refractivity contribution in [2.24, 2.45) is 5.41 Å². The van der Waals surface area contributed by atoms with Crippen LogP contribution in [0.1, 0.15) is 24.3 Å². The average molecular weight is 346 g/mol. The molecule has 0 aliphatic carbocycles. The van der Waals surface area contributed by atoms with E-state index in [2.05, 4.69) is 20.1 Å². The number of fused-ring (bicyclic) bond motifs is 1. The molecule has 2 saturated heterocycles. The minimum absolute atomic E-state index is 0.00635. The van der Waals surface area contributed by atoms with Gasteiger partial charge in [0.15, 0.2) is 0 Å². The van der Waals surface area contributed by atoms with Gasteiger partial charge < -0.3 is 14.4 Å². The van der Waals surface area contributed by atoms with E-state index in [-0.39, 0.29) is 11.5 Å². The number of nitrogens with zero attached hydrogens (tertiary/aromatic N) is 4. The number of aryl methyl sites for hydroxylation is 1. The SMILES string of the molecule is Cc1nnc(N2CCC3OCCCC3(COc3ccccn3)C2)s1. The van der Waals surface area contributed by atoms with E-state index >= 15 is 0 Å². The molecule has 4 heterocycles. The van der Waals surface area contributed by atoms with Crippen LogP contribution in [0.4, 0.5) is 5.13 Å². The second-order valence-corrected chi connectivity index (χ2v) is 7.76. The highest BCUT2D eigenvalue weighted by Gasteiger charge is 2.47. The summed E-state index contributed by atoms with van der Waals surface area (Å²) in [7, 11) is 0. The summed E-state index contributed by atoms with van der Waals surface area (Å²) in [6.45, 7) is 5.35. The van der Waals surface area contributed by atoms with Gasteiger partial charge in [0.2, 0.25) is 11.0 Å². The lowest BCUT2D eigenvalue weighted by Gasteiger charge is -2.49. The zero-order valence-corrected chi connectivity index (χ0v) is 14.7. The summed E-state index contributed by atoms with van der Waals surface area (Å²) in [5.41, 5.74) is -0.00635. The predicted molar refractivity (Wildman–Crippen MR) is 92.6 cm³/mol. The predicted octanol–water partition coefficient (Wildman–Crippen LogP) is 2.70. The van der Waals surface area contributed by atoms with Gasteiger partial charge in [-0.1, -0.05) is 17.4 Å². The van der Waals surface area contributed by atoms with Gasteiger partial charge in [-0.3, -0.25) is 0 Å². The molecule has 4 rings (SSSR count). The Hall–Kier alpha value is -1.73. The van der Waals surface area contributed by atoms with Crippen molar-refractivity contribution in [3.63, 3.8) is 0 Å². The Bertz CT molecular complexity index is 680. The normalized spacial score (nSPS) is 26.9. The number of hydrogen-bond acceptors (Lipinski definition) is 7. The molecule has 0 spiro atoms. The fourth-order valence-corrected chi connectivity index (χ4v) is 4.44. The van der Waals surface area contributed by atoms with Crippen LogP contribution in [0.2, 0.25) is 0 Å². The molecular weight excluding hydrogens is 324 g/mol. The monoisotopic (exact) mass is 346 g/mol. The first-order valence-electron chi connectivity index (χ1n) is 8.46. The third kappa shape index (κ3) is 3.10. The fourth-order valence-electron chi connectivity index (χ4n) is 3.73. The van der Waals surface area contributed by atoms with E-state index in [1.54, 1.807) is 17.5 Å². The Morgan fingerprint density at radius 3 is 3.17 bits per heavy atom. The Kier molecular flexibility index (Phi) is 4.37. The molecule has 7 heteroatoms. The van der Waals surface area contributed by atoms with E-state index in [0.29, 0.717) is 12.5 Å². The minimum atomic E-state index is -0.00635. The maximum Gasteiger partial charge on any atom is 0.213 e. The van der Waals surface area contributed by atoms with Gasteiger partial charge in [0, 0.05) is 37.4 Å². The summed E-state index contributed by atoms with van der Waals surface area (Å²) in [4.78, 5) is 6.63. The number of piperidine rings is 1. The van der Waals surface area contributed by atoms with Gasteiger partial charge in [-0.05, 0) is 32.3 Å². The van der Waals surface area contributed by atoms with E-state index < -0.39 is 0 Å². The van der Waals surface area contributed by atoms with E-state index in [1.165, 1.54) is 0 Å². The van der Waals surface area contributed by atoms with Crippen LogP contribution in [0.15, 0.2) is 24.4 Å². The van der Waals surface area contributed by atoms with Gasteiger partial charge in [-0.15, -0.1) is 10.2 Å². The summed E-state index contributed by atoms with van der Waals surface area (Å²) in [6.07, 6.45) is 5.20. The molecule has 2 aliphatic heterocycles. The fraction of sp³-hybridized carbons (Fsp3) is 0.588. The van der Waals surface area contributed by atoms with Gasteiger partial charge in [0.05, 0.1) is 12.7 Å². The Labute approximate surface area is 145 Å². The lowest BCUT2D eigenvalue weighted by atomic mass is 9.73. The van der Waals surface area contributed by atoms with Crippen LogP contribution in [0.25, 0.3) is 0 Å². The smallest absolute Gasteiger partial charge is 0.213 e. The zero-order chi connectivity index (χ0) is 16.4. The highest BCUT2D eigenvalue weighted by atomic mass is 32.1. The Morgan fingerprint density at radius 2 is 2.38 bits per heavy atom. The van der Waals surface area contributed by atoms with E-state index in [9.17, 15) is 0 Å². The number of pyridine rings is 1. The molecule has 2 aromatic heterocycles. The summed E-state index contributed by atoms with van der Waals surface area (Å²) in [6, 6.07) is 5.76. The molecule has 0 saturated carbocycles. The molecule has 128 valence electrons. The second-order valence-electron chi connectivity index (χ2n) is 6.60. The molecule has 0 bridgehead atoms. The second kappa shape index (κ2) is 6.64. The van der Waals surface area contributed by atoms with Crippen molar-refractivity contribution in [2.75, 3.05) is 31.2 Å². The van der Waals surface area contributed by atoms with Crippen molar-refractivity contribution in [3.05, 3.63) is 29.4 Å². The molecule has 0 aromatic carbocycles. The van der Waals surface area contributed by atoms with Crippen molar-refractivity contribution in [1.29, 1.82) is 0 Å². The third-order valence-corrected chi connectivity index (χ3v) is 5.82. The van der Waals surface area contributed by atoms with Gasteiger partial charge >= 0.3 is 0 Å². The topological polar surface area (TPSA) is 60.4 Å². The van der Waals surface area contributed by atoms with E-state index in [0.717, 1.165) is 49.1 Å². The van der Waals surface area contributed by atoms with Gasteiger partial charge in [0.25, 0.3) is 0 Å². The van der Waals surface area contributed by atoms with Crippen molar-refractivity contribution in [2.45, 2.75) is 32.3 Å². The molecule has 24 heavy (non-hydrogen) atoms. The molecular formula is C17H22N4O2S. The first-order valence-corrected chi connectivity index (χ1v) is 9.27. The average Bonchev–Trinajstić information content (AvgIpc) is 3.07. The standard InChI is InChI=1S/C17H22N4O2S/c1-13-19-20-16(24-13)21-9-6-14-17(11-21,7-4-10-22-14)12-23-15-5-2-3-8-18-15/h2-3,5,8,14H,4,6-7,9-12H2,1H3. The largest absolute Gasteiger partial charge is 0.477 e. The third-order valence-electron chi connectivity index (χ3n) is 4.92. The van der Waals surface area contributed by atoms with Crippen LogP contribution in [-0.2, 0) is 4.74 Å². The maximum atomic E-state index is 6.10. The van der Waals surface area contributed by atoms with Gasteiger partial charge in [0.1, 0.15) is 5.01 Å². The quantitative estimate of drug-likeness (QED) is 0.848. The molecule has 2 fully saturated rings. The molecule has 0 radical (unpaired) electrons. The van der Waals surface area contributed by atoms with Gasteiger partial charge in [-0.2, -0.15) is 0 Å². The first-order chi connectivity index (χ1) is 11.8. The summed E-state index contributed by atoms with van der Waals surface area (Å²) in [5, 5.41) is 10.5. The number of aromatic nitrogens is 3. The molecule has 0 N–H and O–H groups in total. The summed E-state index contributed by atoms with van der Waals surface area (Å²) >= 11 is 1.66. The number of hydrogen-bond donors (Lipinski definition) is 0. The number of ether oxygens (including phenoxy) is 2. The minimum Gasteiger partial charge on any atom is -0.477 e. The van der Waals surface area contributed by atoms with Crippen molar-refractivity contribution < 1.29 is 9.47 Å². The maximum absolute atomic E-state index is 6.10. The zero-order valence-electron chi connectivity index (χ0n) is 13.9. The molecule has 6 nitrogen and oxygen atoms in total. The van der Waals surface area contributed by atoms with Gasteiger partial charge in [-0.25, -0.2) is 4.98 Å². The summed E-state index contributed by atoms with van der Waals surface area (Å²) in [5.74, 6) is 0.681. The van der Waals surface area contributed by atoms with E-state index in [1.807, 2.05) is 25.1 Å². The van der Waals surface area contributed by atoms with Crippen molar-refractivity contribution in [1.82, 2.24) is 15.2 Å². The van der Waals surface area contributed by atoms with E-state index in [4.69, 9.17) is 9.47 Å². The Morgan fingerprint density at radius 1 is 1.42 bits per heavy atom. The Balaban J connectivity index is 1.53. The molecule has 2 aliphatic rings. The highest BCUT2D eigenvalue weighted by Crippen LogP contribution is 2.42. The van der Waals surface area contributed by atoms with Crippen LogP contribution in [0, 0.1) is 12.3 Å². The van der Waals surface area contributed by atoms with Crippen molar-refractivity contribution >= 4 is 16.5 Å². The lowest BCUT2D eigenvalue weighted by molar-refractivity contribution is -0.110. The molecule has 0 amide bonds. The van der Waals surface area contributed by atoms with Crippen LogP contribution in [-0.4, -0.2) is 47.6 Å². The molecule has 2 unspecified atom stereocenters. The number of anilines is 1. The van der Waals surface area contributed by atoms with Crippen LogP contribution < -0.4 is 9.64 Å². The lowest BCUT2D eigenvalue weighted by Crippen LogP contribution is -2.57. The molecule has 2 aromatic rings. The first kappa shape index (κ1) is 15.8. The van der Waals surface area contributed by atoms with Crippen LogP contribution in [0.3, 0.4) is 0 Å². The molecule has 2 atom stereocenters. The number of rotatable bonds is 4. The summed E-state index contributed by atoms with van der Waals surface area (Å²) < 4.78 is 12.1. The highest BCUT2D eigenvalue weighted by molar-refractivity contribution is 7.15. The van der Waals surface area contributed by atoms with Crippen LogP contribution in [0.5, 0.6) is 5.88 Å². The van der Waals surface area contributed by atoms with Crippen LogP contribution >= 0.6 is 11.3 Å². The van der Waals surface area contributed by atoms with Crippen molar-refractivity contribution in [3.8, 4) is 5.88 Å².